The van der Waals surface area contributed by atoms with E-state index in [4.69, 9.17) is 4.74 Å². The highest BCUT2D eigenvalue weighted by atomic mass is 79.9. The number of ether oxygens (including phenoxy) is 1. The van der Waals surface area contributed by atoms with Crippen molar-refractivity contribution in [2.45, 2.75) is 43.9 Å². The number of esters is 1. The average molecular weight is 237 g/mol. The molecule has 2 nitrogen and oxygen atoms in total. The first-order valence-electron chi connectivity index (χ1n) is 4.38. The minimum Gasteiger partial charge on any atom is -0.468 e. The van der Waals surface area contributed by atoms with Gasteiger partial charge in [-0.15, -0.1) is 0 Å². The van der Waals surface area contributed by atoms with Gasteiger partial charge in [-0.3, -0.25) is 4.79 Å². The largest absolute Gasteiger partial charge is 0.468 e. The molecule has 0 aromatic rings. The van der Waals surface area contributed by atoms with Crippen molar-refractivity contribution in [3.8, 4) is 0 Å². The molecule has 72 valence electrons. The fourth-order valence-corrected chi connectivity index (χ4v) is 1.51. The summed E-state index contributed by atoms with van der Waals surface area (Å²) in [5, 5.41) is 0. The fourth-order valence-electron chi connectivity index (χ4n) is 1.06. The summed E-state index contributed by atoms with van der Waals surface area (Å²) in [5.74, 6) is -0.154. The lowest BCUT2D eigenvalue weighted by Gasteiger charge is -2.22. The van der Waals surface area contributed by atoms with Crippen molar-refractivity contribution in [2.75, 3.05) is 7.11 Å². The lowest BCUT2D eigenvalue weighted by molar-refractivity contribution is -0.143. The first-order valence-corrected chi connectivity index (χ1v) is 5.17. The van der Waals surface area contributed by atoms with E-state index in [0.717, 1.165) is 25.7 Å². The number of hydrogen-bond donors (Lipinski definition) is 0. The topological polar surface area (TPSA) is 26.3 Å². The molecule has 0 aromatic carbocycles. The van der Waals surface area contributed by atoms with Crippen LogP contribution in [0.15, 0.2) is 0 Å². The van der Waals surface area contributed by atoms with Gasteiger partial charge < -0.3 is 4.74 Å². The molecule has 0 heterocycles. The molecule has 0 spiro atoms. The number of unbranched alkanes of at least 4 members (excludes halogenated alkanes) is 1. The number of alkyl halides is 1. The minimum absolute atomic E-state index is 0.154. The van der Waals surface area contributed by atoms with E-state index in [1.807, 2.05) is 6.92 Å². The molecule has 0 saturated carbocycles. The zero-order valence-corrected chi connectivity index (χ0v) is 9.61. The normalized spacial score (nSPS) is 15.3. The highest BCUT2D eigenvalue weighted by Gasteiger charge is 2.33. The Morgan fingerprint density at radius 1 is 1.50 bits per heavy atom. The smallest absolute Gasteiger partial charge is 0.322 e. The third-order valence-corrected chi connectivity index (χ3v) is 3.32. The lowest BCUT2D eigenvalue weighted by atomic mass is 9.99. The van der Waals surface area contributed by atoms with Gasteiger partial charge in [0.2, 0.25) is 0 Å². The van der Waals surface area contributed by atoms with Crippen molar-refractivity contribution in [1.29, 1.82) is 0 Å². The summed E-state index contributed by atoms with van der Waals surface area (Å²) in [6, 6.07) is 0. The third-order valence-electron chi connectivity index (χ3n) is 2.04. The van der Waals surface area contributed by atoms with Gasteiger partial charge in [-0.2, -0.15) is 0 Å². The van der Waals surface area contributed by atoms with E-state index in [9.17, 15) is 4.79 Å². The Morgan fingerprint density at radius 2 is 2.08 bits per heavy atom. The average Bonchev–Trinajstić information content (AvgIpc) is 2.12. The number of hydrogen-bond acceptors (Lipinski definition) is 2. The quantitative estimate of drug-likeness (QED) is 0.542. The molecule has 0 aliphatic heterocycles. The van der Waals surface area contributed by atoms with Crippen LogP contribution in [0.3, 0.4) is 0 Å². The summed E-state index contributed by atoms with van der Waals surface area (Å²) in [4.78, 5) is 11.3. The van der Waals surface area contributed by atoms with Crippen LogP contribution in [0.1, 0.15) is 39.5 Å². The molecule has 0 rings (SSSR count). The van der Waals surface area contributed by atoms with Crippen LogP contribution >= 0.6 is 15.9 Å². The van der Waals surface area contributed by atoms with Gasteiger partial charge in [0.15, 0.2) is 0 Å². The Labute approximate surface area is 82.8 Å². The van der Waals surface area contributed by atoms with Crippen LogP contribution in [-0.4, -0.2) is 17.4 Å². The zero-order valence-electron chi connectivity index (χ0n) is 8.02. The molecule has 0 bridgehead atoms. The summed E-state index contributed by atoms with van der Waals surface area (Å²) < 4.78 is 4.27. The maximum absolute atomic E-state index is 11.3. The van der Waals surface area contributed by atoms with E-state index in [2.05, 4.69) is 22.9 Å². The molecule has 1 unspecified atom stereocenters. The molecular formula is C9H17BrO2. The second-order valence-corrected chi connectivity index (χ2v) is 4.43. The Kier molecular flexibility index (Phi) is 5.55. The molecule has 0 N–H and O–H groups in total. The summed E-state index contributed by atoms with van der Waals surface area (Å²) in [7, 11) is 1.43. The molecule has 12 heavy (non-hydrogen) atoms. The van der Waals surface area contributed by atoms with E-state index < -0.39 is 4.32 Å². The van der Waals surface area contributed by atoms with Gasteiger partial charge in [0.05, 0.1) is 7.11 Å². The fraction of sp³-hybridized carbons (Fsp3) is 0.889. The molecule has 0 amide bonds. The number of halogens is 1. The highest BCUT2D eigenvalue weighted by molar-refractivity contribution is 9.10. The second-order valence-electron chi connectivity index (χ2n) is 2.91. The minimum atomic E-state index is -0.447. The van der Waals surface area contributed by atoms with Crippen LogP contribution in [-0.2, 0) is 9.53 Å². The Bertz CT molecular complexity index is 147. The van der Waals surface area contributed by atoms with Crippen LogP contribution in [0.25, 0.3) is 0 Å². The first kappa shape index (κ1) is 11.9. The standard InChI is InChI=1S/C9H17BrO2/c1-4-6-7-9(10,5-2)8(11)12-3/h4-7H2,1-3H3. The van der Waals surface area contributed by atoms with Crippen molar-refractivity contribution in [1.82, 2.24) is 0 Å². The van der Waals surface area contributed by atoms with Crippen LogP contribution in [0.5, 0.6) is 0 Å². The van der Waals surface area contributed by atoms with Crippen LogP contribution in [0, 0.1) is 0 Å². The number of carbonyl (C=O) groups is 1. The molecule has 0 aromatic heterocycles. The second kappa shape index (κ2) is 5.57. The summed E-state index contributed by atoms with van der Waals surface area (Å²) >= 11 is 3.44. The number of rotatable bonds is 5. The molecule has 0 fully saturated rings. The van der Waals surface area contributed by atoms with Crippen molar-refractivity contribution in [3.63, 3.8) is 0 Å². The van der Waals surface area contributed by atoms with Crippen LogP contribution < -0.4 is 0 Å². The molecule has 0 aliphatic carbocycles. The summed E-state index contributed by atoms with van der Waals surface area (Å²) in [6.45, 7) is 4.10. The van der Waals surface area contributed by atoms with Crippen molar-refractivity contribution in [3.05, 3.63) is 0 Å². The molecule has 0 aliphatic rings. The van der Waals surface area contributed by atoms with Gasteiger partial charge in [0.1, 0.15) is 4.32 Å². The molecular weight excluding hydrogens is 220 g/mol. The summed E-state index contributed by atoms with van der Waals surface area (Å²) in [5.41, 5.74) is 0. The van der Waals surface area contributed by atoms with Gasteiger partial charge >= 0.3 is 5.97 Å². The maximum atomic E-state index is 11.3. The lowest BCUT2D eigenvalue weighted by Crippen LogP contribution is -2.32. The SMILES string of the molecule is CCCCC(Br)(CC)C(=O)OC. The van der Waals surface area contributed by atoms with Gasteiger partial charge in [-0.1, -0.05) is 42.6 Å². The Morgan fingerprint density at radius 3 is 2.42 bits per heavy atom. The van der Waals surface area contributed by atoms with E-state index in [-0.39, 0.29) is 5.97 Å². The van der Waals surface area contributed by atoms with E-state index >= 15 is 0 Å². The monoisotopic (exact) mass is 236 g/mol. The maximum Gasteiger partial charge on any atom is 0.322 e. The van der Waals surface area contributed by atoms with E-state index in [1.165, 1.54) is 7.11 Å². The van der Waals surface area contributed by atoms with Gasteiger partial charge in [0, 0.05) is 0 Å². The Hall–Kier alpha value is -0.0500. The molecule has 3 heteroatoms. The van der Waals surface area contributed by atoms with Gasteiger partial charge in [0.25, 0.3) is 0 Å². The molecule has 0 saturated heterocycles. The zero-order chi connectivity index (χ0) is 9.61. The van der Waals surface area contributed by atoms with Gasteiger partial charge in [-0.05, 0) is 12.8 Å². The van der Waals surface area contributed by atoms with Crippen LogP contribution in [0.4, 0.5) is 0 Å². The third kappa shape index (κ3) is 3.13. The van der Waals surface area contributed by atoms with Crippen molar-refractivity contribution >= 4 is 21.9 Å². The van der Waals surface area contributed by atoms with Gasteiger partial charge in [-0.25, -0.2) is 0 Å². The number of carbonyl (C=O) groups excluding carboxylic acids is 1. The van der Waals surface area contributed by atoms with E-state index in [1.54, 1.807) is 0 Å². The van der Waals surface area contributed by atoms with Crippen molar-refractivity contribution < 1.29 is 9.53 Å². The first-order chi connectivity index (χ1) is 5.60. The summed E-state index contributed by atoms with van der Waals surface area (Å²) in [6.07, 6.45) is 3.78. The van der Waals surface area contributed by atoms with Crippen molar-refractivity contribution in [2.24, 2.45) is 0 Å². The van der Waals surface area contributed by atoms with E-state index in [0.29, 0.717) is 0 Å². The Balaban J connectivity index is 4.13. The molecule has 1 atom stereocenters. The number of methoxy groups -OCH3 is 1. The predicted molar refractivity (Wildman–Crippen MR) is 53.5 cm³/mol. The molecule has 0 radical (unpaired) electrons. The highest BCUT2D eigenvalue weighted by Crippen LogP contribution is 2.29. The van der Waals surface area contributed by atoms with Crippen LogP contribution in [0.2, 0.25) is 0 Å². The predicted octanol–water partition coefficient (Wildman–Crippen LogP) is 2.89.